The maximum atomic E-state index is 8.99. The fraction of sp³-hybridized carbons (Fsp3) is 0.562. The average Bonchev–Trinajstić information content (AvgIpc) is 2.42. The number of nitriles is 1. The summed E-state index contributed by atoms with van der Waals surface area (Å²) in [6.45, 7) is 6.11. The van der Waals surface area contributed by atoms with Gasteiger partial charge in [0.25, 0.3) is 0 Å². The fourth-order valence-electron chi connectivity index (χ4n) is 2.13. The lowest BCUT2D eigenvalue weighted by atomic mass is 10.0. The van der Waals surface area contributed by atoms with E-state index in [0.29, 0.717) is 24.1 Å². The molecule has 0 amide bonds. The Morgan fingerprint density at radius 2 is 2.05 bits per heavy atom. The molecule has 1 aromatic rings. The summed E-state index contributed by atoms with van der Waals surface area (Å²) in [7, 11) is 5.81. The Morgan fingerprint density at radius 1 is 1.35 bits per heavy atom. The predicted molar refractivity (Wildman–Crippen MR) is 81.7 cm³/mol. The molecule has 0 fully saturated rings. The summed E-state index contributed by atoms with van der Waals surface area (Å²) >= 11 is 0. The van der Waals surface area contributed by atoms with E-state index in [9.17, 15) is 0 Å². The lowest BCUT2D eigenvalue weighted by Gasteiger charge is -2.26. The largest absolute Gasteiger partial charge is 0.496 e. The summed E-state index contributed by atoms with van der Waals surface area (Å²) in [5, 5.41) is 12.6. The highest BCUT2D eigenvalue weighted by Crippen LogP contribution is 2.20. The van der Waals surface area contributed by atoms with E-state index in [1.807, 2.05) is 12.1 Å². The van der Waals surface area contributed by atoms with Gasteiger partial charge in [-0.05, 0) is 38.2 Å². The van der Waals surface area contributed by atoms with Crippen LogP contribution in [0.1, 0.15) is 25.0 Å². The Hall–Kier alpha value is -1.57. The zero-order valence-corrected chi connectivity index (χ0v) is 13.1. The highest BCUT2D eigenvalue weighted by atomic mass is 16.5. The van der Waals surface area contributed by atoms with Crippen molar-refractivity contribution in [2.45, 2.75) is 26.4 Å². The second-order valence-electron chi connectivity index (χ2n) is 5.63. The highest BCUT2D eigenvalue weighted by molar-refractivity contribution is 5.42. The number of ether oxygens (including phenoxy) is 1. The molecule has 0 spiro atoms. The van der Waals surface area contributed by atoms with Crippen LogP contribution in [0.15, 0.2) is 18.2 Å². The third-order valence-corrected chi connectivity index (χ3v) is 3.33. The van der Waals surface area contributed by atoms with Crippen molar-refractivity contribution in [1.29, 1.82) is 5.26 Å². The molecule has 0 heterocycles. The number of rotatable bonds is 7. The molecule has 0 aliphatic heterocycles. The van der Waals surface area contributed by atoms with Crippen molar-refractivity contribution in [3.05, 3.63) is 29.3 Å². The summed E-state index contributed by atoms with van der Waals surface area (Å²) in [5.41, 5.74) is 1.69. The van der Waals surface area contributed by atoms with Gasteiger partial charge in [-0.3, -0.25) is 0 Å². The molecular formula is C16H25N3O. The van der Waals surface area contributed by atoms with Crippen LogP contribution in [-0.4, -0.2) is 38.7 Å². The minimum Gasteiger partial charge on any atom is -0.496 e. The Bertz CT molecular complexity index is 463. The van der Waals surface area contributed by atoms with E-state index in [-0.39, 0.29) is 0 Å². The van der Waals surface area contributed by atoms with Gasteiger partial charge in [-0.1, -0.05) is 13.8 Å². The van der Waals surface area contributed by atoms with Crippen LogP contribution in [0.2, 0.25) is 0 Å². The van der Waals surface area contributed by atoms with Crippen molar-refractivity contribution in [3.8, 4) is 11.8 Å². The molecule has 0 aromatic heterocycles. The number of methoxy groups -OCH3 is 1. The van der Waals surface area contributed by atoms with Gasteiger partial charge in [0, 0.05) is 24.7 Å². The number of hydrogen-bond acceptors (Lipinski definition) is 4. The maximum absolute atomic E-state index is 8.99. The molecule has 4 heteroatoms. The quantitative estimate of drug-likeness (QED) is 0.829. The molecule has 0 saturated carbocycles. The van der Waals surface area contributed by atoms with Crippen LogP contribution in [0, 0.1) is 17.2 Å². The van der Waals surface area contributed by atoms with Crippen molar-refractivity contribution in [2.75, 3.05) is 27.7 Å². The average molecular weight is 275 g/mol. The molecule has 4 nitrogen and oxygen atoms in total. The van der Waals surface area contributed by atoms with Crippen LogP contribution in [0.3, 0.4) is 0 Å². The van der Waals surface area contributed by atoms with E-state index < -0.39 is 0 Å². The van der Waals surface area contributed by atoms with Crippen LogP contribution >= 0.6 is 0 Å². The molecular weight excluding hydrogens is 250 g/mol. The minimum atomic E-state index is 0.403. The van der Waals surface area contributed by atoms with Crippen molar-refractivity contribution in [3.63, 3.8) is 0 Å². The van der Waals surface area contributed by atoms with E-state index >= 15 is 0 Å². The minimum absolute atomic E-state index is 0.403. The molecule has 0 aliphatic rings. The highest BCUT2D eigenvalue weighted by Gasteiger charge is 2.14. The van der Waals surface area contributed by atoms with Gasteiger partial charge in [0.2, 0.25) is 0 Å². The second-order valence-corrected chi connectivity index (χ2v) is 5.63. The maximum Gasteiger partial charge on any atom is 0.123 e. The molecule has 0 bridgehead atoms. The van der Waals surface area contributed by atoms with Gasteiger partial charge in [-0.25, -0.2) is 0 Å². The van der Waals surface area contributed by atoms with Gasteiger partial charge < -0.3 is 15.0 Å². The van der Waals surface area contributed by atoms with E-state index in [1.54, 1.807) is 13.2 Å². The van der Waals surface area contributed by atoms with Crippen molar-refractivity contribution in [2.24, 2.45) is 5.92 Å². The number of likely N-dealkylation sites (N-methyl/N-ethyl adjacent to an activating group) is 1. The van der Waals surface area contributed by atoms with E-state index in [2.05, 4.69) is 44.2 Å². The SMILES string of the molecule is COc1ccc(C#N)cc1CNC(CN(C)C)C(C)C. The molecule has 1 N–H and O–H groups in total. The molecule has 1 unspecified atom stereocenters. The lowest BCUT2D eigenvalue weighted by molar-refractivity contribution is 0.287. The van der Waals surface area contributed by atoms with Gasteiger partial charge in [-0.2, -0.15) is 5.26 Å². The monoisotopic (exact) mass is 275 g/mol. The van der Waals surface area contributed by atoms with E-state index in [4.69, 9.17) is 10.00 Å². The van der Waals surface area contributed by atoms with Crippen LogP contribution in [-0.2, 0) is 6.54 Å². The van der Waals surface area contributed by atoms with Crippen LogP contribution in [0.25, 0.3) is 0 Å². The predicted octanol–water partition coefficient (Wildman–Crippen LogP) is 2.24. The Kier molecular flexibility index (Phi) is 6.50. The van der Waals surface area contributed by atoms with Gasteiger partial charge in [0.1, 0.15) is 5.75 Å². The molecule has 1 atom stereocenters. The lowest BCUT2D eigenvalue weighted by Crippen LogP contribution is -2.41. The smallest absolute Gasteiger partial charge is 0.123 e. The molecule has 1 rings (SSSR count). The summed E-state index contributed by atoms with van der Waals surface area (Å²) in [5.74, 6) is 1.37. The summed E-state index contributed by atoms with van der Waals surface area (Å²) in [6, 6.07) is 8.09. The number of hydrogen-bond donors (Lipinski definition) is 1. The first-order chi connectivity index (χ1) is 9.47. The first-order valence-electron chi connectivity index (χ1n) is 6.93. The van der Waals surface area contributed by atoms with Crippen molar-refractivity contribution < 1.29 is 4.74 Å². The first-order valence-corrected chi connectivity index (χ1v) is 6.93. The number of nitrogens with one attached hydrogen (secondary N) is 1. The zero-order valence-electron chi connectivity index (χ0n) is 13.1. The molecule has 20 heavy (non-hydrogen) atoms. The molecule has 0 radical (unpaired) electrons. The van der Waals surface area contributed by atoms with E-state index in [1.165, 1.54) is 0 Å². The fourth-order valence-corrected chi connectivity index (χ4v) is 2.13. The molecule has 110 valence electrons. The second kappa shape index (κ2) is 7.88. The third-order valence-electron chi connectivity index (χ3n) is 3.33. The zero-order chi connectivity index (χ0) is 15.1. The Labute approximate surface area is 122 Å². The van der Waals surface area contributed by atoms with Crippen molar-refractivity contribution in [1.82, 2.24) is 10.2 Å². The molecule has 0 aliphatic carbocycles. The third kappa shape index (κ3) is 4.84. The normalized spacial score (nSPS) is 12.5. The number of nitrogens with zero attached hydrogens (tertiary/aromatic N) is 2. The van der Waals surface area contributed by atoms with E-state index in [0.717, 1.165) is 17.9 Å². The first kappa shape index (κ1) is 16.5. The van der Waals surface area contributed by atoms with Gasteiger partial charge in [-0.15, -0.1) is 0 Å². The van der Waals surface area contributed by atoms with Crippen LogP contribution < -0.4 is 10.1 Å². The summed E-state index contributed by atoms with van der Waals surface area (Å²) < 4.78 is 5.36. The Morgan fingerprint density at radius 3 is 2.55 bits per heavy atom. The van der Waals surface area contributed by atoms with Gasteiger partial charge in [0.05, 0.1) is 18.7 Å². The Balaban J connectivity index is 2.79. The number of benzene rings is 1. The topological polar surface area (TPSA) is 48.3 Å². The van der Waals surface area contributed by atoms with Gasteiger partial charge >= 0.3 is 0 Å². The van der Waals surface area contributed by atoms with Gasteiger partial charge in [0.15, 0.2) is 0 Å². The van der Waals surface area contributed by atoms with Crippen LogP contribution in [0.4, 0.5) is 0 Å². The van der Waals surface area contributed by atoms with Crippen molar-refractivity contribution >= 4 is 0 Å². The standard InChI is InChI=1S/C16H25N3O/c1-12(2)15(11-19(3)4)18-10-14-8-13(9-17)6-7-16(14)20-5/h6-8,12,15,18H,10-11H2,1-5H3. The summed E-state index contributed by atoms with van der Waals surface area (Å²) in [4.78, 5) is 2.18. The summed E-state index contributed by atoms with van der Waals surface area (Å²) in [6.07, 6.45) is 0. The molecule has 1 aromatic carbocycles. The van der Waals surface area contributed by atoms with Crippen LogP contribution in [0.5, 0.6) is 5.75 Å². The molecule has 0 saturated heterocycles.